The first-order valence-corrected chi connectivity index (χ1v) is 6.34. The highest BCUT2D eigenvalue weighted by Gasteiger charge is 2.06. The Hall–Kier alpha value is -2.76. The van der Waals surface area contributed by atoms with E-state index in [9.17, 15) is 4.79 Å². The first-order valence-electron chi connectivity index (χ1n) is 6.34. The minimum atomic E-state index is -0.124. The van der Waals surface area contributed by atoms with E-state index in [1.54, 1.807) is 38.6 Å². The molecule has 6 heteroatoms. The number of rotatable bonds is 3. The van der Waals surface area contributed by atoms with Gasteiger partial charge >= 0.3 is 0 Å². The Kier molecular flexibility index (Phi) is 6.53. The molecule has 21 heavy (non-hydrogen) atoms. The molecule has 0 spiro atoms. The topological polar surface area (TPSA) is 84.0 Å². The van der Waals surface area contributed by atoms with E-state index in [1.165, 1.54) is 0 Å². The van der Waals surface area contributed by atoms with Gasteiger partial charge in [0.15, 0.2) is 0 Å². The molecule has 0 aliphatic carbocycles. The van der Waals surface area contributed by atoms with Crippen LogP contribution in [-0.4, -0.2) is 36.4 Å². The number of aryl methyl sites for hydroxylation is 1. The standard InChI is InChI=1S/C13H13N3O.C2H5NO/c1-9-3-5-15-11(7-9)12-8-10(4-6-16-12)13(17)14-2;1-3-2-4/h3-8H,1-2H3,(H,14,17);2H,1H3,(H,3,4). The Morgan fingerprint density at radius 3 is 2.19 bits per heavy atom. The lowest BCUT2D eigenvalue weighted by atomic mass is 10.1. The lowest BCUT2D eigenvalue weighted by Crippen LogP contribution is -2.17. The zero-order valence-corrected chi connectivity index (χ0v) is 12.3. The third-order valence-electron chi connectivity index (χ3n) is 2.54. The first kappa shape index (κ1) is 16.3. The molecule has 0 aliphatic rings. The second-order valence-electron chi connectivity index (χ2n) is 4.13. The van der Waals surface area contributed by atoms with E-state index in [1.807, 2.05) is 19.1 Å². The summed E-state index contributed by atoms with van der Waals surface area (Å²) in [7, 11) is 3.17. The summed E-state index contributed by atoms with van der Waals surface area (Å²) in [4.78, 5) is 29.0. The lowest BCUT2D eigenvalue weighted by Gasteiger charge is -2.03. The van der Waals surface area contributed by atoms with Gasteiger partial charge in [0.05, 0.1) is 11.4 Å². The predicted molar refractivity (Wildman–Crippen MR) is 80.7 cm³/mol. The maximum atomic E-state index is 11.5. The summed E-state index contributed by atoms with van der Waals surface area (Å²) in [6, 6.07) is 7.28. The van der Waals surface area contributed by atoms with Crippen molar-refractivity contribution >= 4 is 12.3 Å². The average Bonchev–Trinajstić information content (AvgIpc) is 2.54. The van der Waals surface area contributed by atoms with Gasteiger partial charge in [-0.25, -0.2) is 0 Å². The van der Waals surface area contributed by atoms with Crippen LogP contribution in [0.1, 0.15) is 15.9 Å². The zero-order valence-electron chi connectivity index (χ0n) is 12.3. The number of aromatic nitrogens is 2. The molecule has 0 saturated heterocycles. The number of pyridine rings is 2. The fraction of sp³-hybridized carbons (Fsp3) is 0.200. The molecule has 0 unspecified atom stereocenters. The molecule has 6 nitrogen and oxygen atoms in total. The van der Waals surface area contributed by atoms with Crippen molar-refractivity contribution < 1.29 is 9.59 Å². The van der Waals surface area contributed by atoms with Crippen LogP contribution < -0.4 is 10.6 Å². The van der Waals surface area contributed by atoms with Gasteiger partial charge in [-0.1, -0.05) is 0 Å². The van der Waals surface area contributed by atoms with E-state index in [0.29, 0.717) is 17.7 Å². The summed E-state index contributed by atoms with van der Waals surface area (Å²) < 4.78 is 0. The van der Waals surface area contributed by atoms with Gasteiger partial charge in [-0.2, -0.15) is 0 Å². The Morgan fingerprint density at radius 2 is 1.67 bits per heavy atom. The second-order valence-corrected chi connectivity index (χ2v) is 4.13. The van der Waals surface area contributed by atoms with Crippen LogP contribution in [0, 0.1) is 6.92 Å². The molecule has 2 aromatic heterocycles. The van der Waals surface area contributed by atoms with Crippen LogP contribution in [-0.2, 0) is 4.79 Å². The number of carbonyl (C=O) groups is 2. The summed E-state index contributed by atoms with van der Waals surface area (Å²) >= 11 is 0. The molecule has 0 aliphatic heterocycles. The third-order valence-corrected chi connectivity index (χ3v) is 2.54. The molecule has 2 N–H and O–H groups in total. The Bertz CT molecular complexity index is 614. The number of carbonyl (C=O) groups excluding carboxylic acids is 2. The highest BCUT2D eigenvalue weighted by Crippen LogP contribution is 2.16. The maximum Gasteiger partial charge on any atom is 0.251 e. The van der Waals surface area contributed by atoms with E-state index in [4.69, 9.17) is 4.79 Å². The number of hydrogen-bond donors (Lipinski definition) is 2. The molecule has 0 bridgehead atoms. The molecular weight excluding hydrogens is 268 g/mol. The van der Waals surface area contributed by atoms with E-state index >= 15 is 0 Å². The van der Waals surface area contributed by atoms with Crippen molar-refractivity contribution in [3.8, 4) is 11.4 Å². The van der Waals surface area contributed by atoms with Crippen molar-refractivity contribution in [2.45, 2.75) is 6.92 Å². The third kappa shape index (κ3) is 5.02. The van der Waals surface area contributed by atoms with Crippen molar-refractivity contribution in [1.82, 2.24) is 20.6 Å². The van der Waals surface area contributed by atoms with Gasteiger partial charge in [0, 0.05) is 32.1 Å². The van der Waals surface area contributed by atoms with E-state index < -0.39 is 0 Å². The van der Waals surface area contributed by atoms with Crippen LogP contribution in [0.15, 0.2) is 36.7 Å². The molecule has 0 radical (unpaired) electrons. The fourth-order valence-electron chi connectivity index (χ4n) is 1.53. The molecule has 2 aromatic rings. The number of hydrogen-bond acceptors (Lipinski definition) is 4. The normalized spacial score (nSPS) is 9.10. The maximum absolute atomic E-state index is 11.5. The molecule has 110 valence electrons. The van der Waals surface area contributed by atoms with Crippen molar-refractivity contribution in [2.75, 3.05) is 14.1 Å². The largest absolute Gasteiger partial charge is 0.362 e. The van der Waals surface area contributed by atoms with Gasteiger partial charge in [0.25, 0.3) is 5.91 Å². The van der Waals surface area contributed by atoms with Crippen molar-refractivity contribution in [1.29, 1.82) is 0 Å². The number of nitrogens with one attached hydrogen (secondary N) is 2. The van der Waals surface area contributed by atoms with Crippen LogP contribution in [0.2, 0.25) is 0 Å². The van der Waals surface area contributed by atoms with Crippen molar-refractivity contribution in [3.05, 3.63) is 47.8 Å². The van der Waals surface area contributed by atoms with E-state index in [2.05, 4.69) is 20.6 Å². The van der Waals surface area contributed by atoms with Gasteiger partial charge in [-0.3, -0.25) is 19.6 Å². The van der Waals surface area contributed by atoms with Crippen LogP contribution in [0.25, 0.3) is 11.4 Å². The Morgan fingerprint density at radius 1 is 1.10 bits per heavy atom. The average molecular weight is 286 g/mol. The van der Waals surface area contributed by atoms with E-state index in [-0.39, 0.29) is 5.91 Å². The molecule has 0 aromatic carbocycles. The minimum Gasteiger partial charge on any atom is -0.362 e. The van der Waals surface area contributed by atoms with Crippen LogP contribution in [0.5, 0.6) is 0 Å². The number of nitrogens with zero attached hydrogens (tertiary/aromatic N) is 2. The second kappa shape index (κ2) is 8.42. The Labute approximate surface area is 123 Å². The molecule has 2 heterocycles. The van der Waals surface area contributed by atoms with Crippen LogP contribution >= 0.6 is 0 Å². The predicted octanol–water partition coefficient (Wildman–Crippen LogP) is 1.17. The highest BCUT2D eigenvalue weighted by atomic mass is 16.1. The summed E-state index contributed by atoms with van der Waals surface area (Å²) in [6.45, 7) is 1.99. The minimum absolute atomic E-state index is 0.124. The van der Waals surface area contributed by atoms with E-state index in [0.717, 1.165) is 11.3 Å². The molecule has 2 rings (SSSR count). The number of amides is 2. The van der Waals surface area contributed by atoms with Gasteiger partial charge in [-0.05, 0) is 36.8 Å². The van der Waals surface area contributed by atoms with Crippen molar-refractivity contribution in [2.24, 2.45) is 0 Å². The molecule has 0 fully saturated rings. The van der Waals surface area contributed by atoms with Gasteiger partial charge in [-0.15, -0.1) is 0 Å². The molecule has 0 atom stereocenters. The van der Waals surface area contributed by atoms with Crippen molar-refractivity contribution in [3.63, 3.8) is 0 Å². The molecular formula is C15H18N4O2. The summed E-state index contributed by atoms with van der Waals surface area (Å²) in [5.74, 6) is -0.124. The van der Waals surface area contributed by atoms with Gasteiger partial charge in [0.2, 0.25) is 6.41 Å². The zero-order chi connectivity index (χ0) is 15.7. The Balaban J connectivity index is 0.000000491. The summed E-state index contributed by atoms with van der Waals surface area (Å²) in [5.41, 5.74) is 3.17. The monoisotopic (exact) mass is 286 g/mol. The van der Waals surface area contributed by atoms with Crippen LogP contribution in [0.4, 0.5) is 0 Å². The van der Waals surface area contributed by atoms with Crippen LogP contribution in [0.3, 0.4) is 0 Å². The lowest BCUT2D eigenvalue weighted by molar-refractivity contribution is -0.109. The molecule has 2 amide bonds. The van der Waals surface area contributed by atoms with Gasteiger partial charge in [0.1, 0.15) is 0 Å². The quantitative estimate of drug-likeness (QED) is 0.830. The summed E-state index contributed by atoms with van der Waals surface area (Å²) in [6.07, 6.45) is 3.98. The SMILES string of the molecule is CNC(=O)c1ccnc(-c2cc(C)ccn2)c1.CNC=O. The summed E-state index contributed by atoms with van der Waals surface area (Å²) in [5, 5.41) is 4.83. The highest BCUT2D eigenvalue weighted by molar-refractivity contribution is 5.94. The first-order chi connectivity index (χ1) is 10.1. The molecule has 0 saturated carbocycles. The van der Waals surface area contributed by atoms with Gasteiger partial charge < -0.3 is 10.6 Å². The fourth-order valence-corrected chi connectivity index (χ4v) is 1.53. The smallest absolute Gasteiger partial charge is 0.251 e.